The van der Waals surface area contributed by atoms with E-state index in [-0.39, 0.29) is 5.91 Å². The van der Waals surface area contributed by atoms with E-state index in [2.05, 4.69) is 31.8 Å². The van der Waals surface area contributed by atoms with Gasteiger partial charge in [0.2, 0.25) is 0 Å². The molecule has 1 fully saturated rings. The van der Waals surface area contributed by atoms with Crippen molar-refractivity contribution in [1.82, 2.24) is 5.32 Å². The highest BCUT2D eigenvalue weighted by atomic mass is 32.1. The lowest BCUT2D eigenvalue weighted by Gasteiger charge is -2.34. The zero-order valence-electron chi connectivity index (χ0n) is 10.3. The van der Waals surface area contributed by atoms with Crippen molar-refractivity contribution in [2.75, 3.05) is 0 Å². The first kappa shape index (κ1) is 13.0. The van der Waals surface area contributed by atoms with E-state index in [1.807, 2.05) is 11.4 Å². The van der Waals surface area contributed by atoms with Gasteiger partial charge in [0.05, 0.1) is 4.88 Å². The number of thiol groups is 1. The Hall–Kier alpha value is -0.480. The number of hydrogen-bond acceptors (Lipinski definition) is 3. The molecule has 1 amide bonds. The van der Waals surface area contributed by atoms with Crippen LogP contribution in [0.15, 0.2) is 16.3 Å². The summed E-state index contributed by atoms with van der Waals surface area (Å²) >= 11 is 5.68. The maximum absolute atomic E-state index is 12.0. The van der Waals surface area contributed by atoms with Crippen LogP contribution in [-0.2, 0) is 0 Å². The summed E-state index contributed by atoms with van der Waals surface area (Å²) in [5.74, 6) is 0.0556. The average Bonchev–Trinajstić information content (AvgIpc) is 2.68. The van der Waals surface area contributed by atoms with Gasteiger partial charge in [0.15, 0.2) is 0 Å². The molecule has 0 aliphatic heterocycles. The Labute approximate surface area is 112 Å². The molecule has 2 rings (SSSR count). The molecule has 0 radical (unpaired) electrons. The molecule has 1 aliphatic rings. The fourth-order valence-corrected chi connectivity index (χ4v) is 3.30. The predicted molar refractivity (Wildman–Crippen MR) is 75.1 cm³/mol. The molecule has 0 atom stereocenters. The fraction of sp³-hybridized carbons (Fsp3) is 0.615. The third kappa shape index (κ3) is 3.49. The molecule has 17 heavy (non-hydrogen) atoms. The SMILES string of the molecule is CC1(C)CCC(NC(=O)c2cc(S)cs2)CC1. The molecule has 0 spiro atoms. The normalized spacial score (nSPS) is 20.2. The second-order valence-corrected chi connectivity index (χ2v) is 7.01. The second-order valence-electron chi connectivity index (χ2n) is 5.58. The lowest BCUT2D eigenvalue weighted by Crippen LogP contribution is -2.38. The first-order chi connectivity index (χ1) is 7.96. The van der Waals surface area contributed by atoms with Gasteiger partial charge in [0, 0.05) is 16.3 Å². The van der Waals surface area contributed by atoms with E-state index in [1.165, 1.54) is 24.2 Å². The standard InChI is InChI=1S/C13H19NOS2/c1-13(2)5-3-9(4-6-13)14-12(15)11-7-10(16)8-17-11/h7-9,16H,3-6H2,1-2H3,(H,14,15). The number of rotatable bonds is 2. The molecule has 4 heteroatoms. The number of thiophene rings is 1. The molecule has 2 nitrogen and oxygen atoms in total. The van der Waals surface area contributed by atoms with E-state index >= 15 is 0 Å². The van der Waals surface area contributed by atoms with Gasteiger partial charge in [-0.25, -0.2) is 0 Å². The van der Waals surface area contributed by atoms with Gasteiger partial charge in [0.1, 0.15) is 0 Å². The summed E-state index contributed by atoms with van der Waals surface area (Å²) in [6.07, 6.45) is 4.58. The van der Waals surface area contributed by atoms with Crippen LogP contribution in [0.2, 0.25) is 0 Å². The van der Waals surface area contributed by atoms with Crippen LogP contribution in [0.3, 0.4) is 0 Å². The summed E-state index contributed by atoms with van der Waals surface area (Å²) in [6, 6.07) is 2.18. The maximum Gasteiger partial charge on any atom is 0.261 e. The van der Waals surface area contributed by atoms with Crippen LogP contribution < -0.4 is 5.32 Å². The molecule has 94 valence electrons. The minimum absolute atomic E-state index is 0.0556. The first-order valence-electron chi connectivity index (χ1n) is 6.05. The van der Waals surface area contributed by atoms with Crippen molar-refractivity contribution in [2.45, 2.75) is 50.5 Å². The number of carbonyl (C=O) groups excluding carboxylic acids is 1. The minimum Gasteiger partial charge on any atom is -0.349 e. The van der Waals surface area contributed by atoms with Gasteiger partial charge >= 0.3 is 0 Å². The van der Waals surface area contributed by atoms with Crippen LogP contribution in [0.1, 0.15) is 49.2 Å². The topological polar surface area (TPSA) is 29.1 Å². The molecule has 1 aromatic heterocycles. The first-order valence-corrected chi connectivity index (χ1v) is 7.37. The maximum atomic E-state index is 12.0. The van der Waals surface area contributed by atoms with E-state index in [4.69, 9.17) is 0 Å². The molecule has 1 saturated carbocycles. The van der Waals surface area contributed by atoms with Crippen molar-refractivity contribution in [3.8, 4) is 0 Å². The molecule has 0 bridgehead atoms. The summed E-state index contributed by atoms with van der Waals surface area (Å²) in [6.45, 7) is 4.61. The molecule has 1 heterocycles. The third-order valence-corrected chi connectivity index (χ3v) is 4.85. The van der Waals surface area contributed by atoms with Crippen molar-refractivity contribution in [3.05, 3.63) is 16.3 Å². The van der Waals surface area contributed by atoms with Gasteiger partial charge in [0.25, 0.3) is 5.91 Å². The van der Waals surface area contributed by atoms with Gasteiger partial charge < -0.3 is 5.32 Å². The highest BCUT2D eigenvalue weighted by Gasteiger charge is 2.27. The van der Waals surface area contributed by atoms with Crippen molar-refractivity contribution < 1.29 is 4.79 Å². The van der Waals surface area contributed by atoms with Gasteiger partial charge in [-0.1, -0.05) is 13.8 Å². The highest BCUT2D eigenvalue weighted by molar-refractivity contribution is 7.80. The summed E-state index contributed by atoms with van der Waals surface area (Å²) in [5.41, 5.74) is 0.447. The summed E-state index contributed by atoms with van der Waals surface area (Å²) in [5, 5.41) is 5.01. The zero-order chi connectivity index (χ0) is 12.5. The lowest BCUT2D eigenvalue weighted by atomic mass is 9.75. The molecule has 0 aromatic carbocycles. The summed E-state index contributed by atoms with van der Waals surface area (Å²) in [4.78, 5) is 13.6. The van der Waals surface area contributed by atoms with E-state index in [9.17, 15) is 4.79 Å². The number of carbonyl (C=O) groups is 1. The van der Waals surface area contributed by atoms with Crippen LogP contribution in [0.4, 0.5) is 0 Å². The van der Waals surface area contributed by atoms with E-state index in [0.717, 1.165) is 22.6 Å². The monoisotopic (exact) mass is 269 g/mol. The van der Waals surface area contributed by atoms with Gasteiger partial charge in [-0.2, -0.15) is 0 Å². The van der Waals surface area contributed by atoms with Crippen molar-refractivity contribution in [3.63, 3.8) is 0 Å². The molecular formula is C13H19NOS2. The Balaban J connectivity index is 1.88. The molecule has 0 unspecified atom stereocenters. The summed E-state index contributed by atoms with van der Waals surface area (Å²) < 4.78 is 0. The Morgan fingerprint density at radius 1 is 1.47 bits per heavy atom. The second kappa shape index (κ2) is 5.02. The molecular weight excluding hydrogens is 250 g/mol. The smallest absolute Gasteiger partial charge is 0.261 e. The quantitative estimate of drug-likeness (QED) is 0.787. The number of nitrogens with one attached hydrogen (secondary N) is 1. The molecule has 1 aromatic rings. The van der Waals surface area contributed by atoms with Crippen LogP contribution in [-0.4, -0.2) is 11.9 Å². The Kier molecular flexibility index (Phi) is 3.83. The van der Waals surface area contributed by atoms with Crippen LogP contribution >= 0.6 is 24.0 Å². The fourth-order valence-electron chi connectivity index (χ4n) is 2.25. The van der Waals surface area contributed by atoms with Crippen molar-refractivity contribution in [2.24, 2.45) is 5.41 Å². The number of amides is 1. The van der Waals surface area contributed by atoms with Crippen molar-refractivity contribution in [1.29, 1.82) is 0 Å². The Bertz CT molecular complexity index is 401. The molecule has 1 N–H and O–H groups in total. The van der Waals surface area contributed by atoms with E-state index in [1.54, 1.807) is 0 Å². The van der Waals surface area contributed by atoms with Crippen LogP contribution in [0, 0.1) is 5.41 Å². The Morgan fingerprint density at radius 2 is 2.12 bits per heavy atom. The summed E-state index contributed by atoms with van der Waals surface area (Å²) in [7, 11) is 0. The van der Waals surface area contributed by atoms with Crippen LogP contribution in [0.25, 0.3) is 0 Å². The number of hydrogen-bond donors (Lipinski definition) is 2. The highest BCUT2D eigenvalue weighted by Crippen LogP contribution is 2.35. The van der Waals surface area contributed by atoms with E-state index < -0.39 is 0 Å². The average molecular weight is 269 g/mol. The predicted octanol–water partition coefficient (Wildman–Crippen LogP) is 3.74. The minimum atomic E-state index is 0.0556. The van der Waals surface area contributed by atoms with Crippen LogP contribution in [0.5, 0.6) is 0 Å². The molecule has 0 saturated heterocycles. The van der Waals surface area contributed by atoms with Gasteiger partial charge in [-0.05, 0) is 37.2 Å². The zero-order valence-corrected chi connectivity index (χ0v) is 12.0. The van der Waals surface area contributed by atoms with Crippen molar-refractivity contribution >= 4 is 29.9 Å². The Morgan fingerprint density at radius 3 is 2.65 bits per heavy atom. The third-order valence-electron chi connectivity index (χ3n) is 3.48. The van der Waals surface area contributed by atoms with Gasteiger partial charge in [-0.15, -0.1) is 24.0 Å². The van der Waals surface area contributed by atoms with E-state index in [0.29, 0.717) is 11.5 Å². The lowest BCUT2D eigenvalue weighted by molar-refractivity contribution is 0.0913. The largest absolute Gasteiger partial charge is 0.349 e. The van der Waals surface area contributed by atoms with Gasteiger partial charge in [-0.3, -0.25) is 4.79 Å². The molecule has 1 aliphatic carbocycles.